The fourth-order valence-corrected chi connectivity index (χ4v) is 3.82. The highest BCUT2D eigenvalue weighted by Gasteiger charge is 2.12. The molecular weight excluding hydrogens is 405 g/mol. The largest absolute Gasteiger partial charge is 0.375 e. The SMILES string of the molecule is Cc1cc2nc(CSc3ccccc3NC(=O)c3ccc(C)c(F)c3)cc(=O)n2o1. The highest BCUT2D eigenvalue weighted by Crippen LogP contribution is 2.29. The van der Waals surface area contributed by atoms with E-state index in [9.17, 15) is 14.0 Å². The van der Waals surface area contributed by atoms with Crippen LogP contribution < -0.4 is 10.9 Å². The van der Waals surface area contributed by atoms with Crippen LogP contribution in [-0.2, 0) is 5.75 Å². The Morgan fingerprint density at radius 1 is 1.17 bits per heavy atom. The van der Waals surface area contributed by atoms with E-state index in [-0.39, 0.29) is 11.1 Å². The molecule has 6 nitrogen and oxygen atoms in total. The Morgan fingerprint density at radius 3 is 2.77 bits per heavy atom. The molecule has 1 amide bonds. The van der Waals surface area contributed by atoms with E-state index in [1.165, 1.54) is 23.9 Å². The number of benzene rings is 2. The van der Waals surface area contributed by atoms with Gasteiger partial charge < -0.3 is 9.84 Å². The molecule has 0 aliphatic heterocycles. The van der Waals surface area contributed by atoms with E-state index in [1.54, 1.807) is 44.2 Å². The summed E-state index contributed by atoms with van der Waals surface area (Å²) in [5, 5.41) is 2.83. The van der Waals surface area contributed by atoms with Crippen LogP contribution in [0.5, 0.6) is 0 Å². The van der Waals surface area contributed by atoms with E-state index in [4.69, 9.17) is 4.52 Å². The fourth-order valence-electron chi connectivity index (χ4n) is 2.92. The monoisotopic (exact) mass is 423 g/mol. The van der Waals surface area contributed by atoms with Gasteiger partial charge in [-0.1, -0.05) is 18.2 Å². The Balaban J connectivity index is 1.53. The number of aryl methyl sites for hydroxylation is 2. The van der Waals surface area contributed by atoms with Gasteiger partial charge >= 0.3 is 0 Å². The van der Waals surface area contributed by atoms with E-state index in [2.05, 4.69) is 10.3 Å². The fraction of sp³-hybridized carbons (Fsp3) is 0.136. The molecule has 0 fully saturated rings. The molecule has 0 spiro atoms. The van der Waals surface area contributed by atoms with Gasteiger partial charge in [0.15, 0.2) is 5.65 Å². The number of thioether (sulfide) groups is 1. The number of aromatic nitrogens is 2. The van der Waals surface area contributed by atoms with Gasteiger partial charge in [-0.05, 0) is 43.7 Å². The van der Waals surface area contributed by atoms with Crippen LogP contribution in [0.2, 0.25) is 0 Å². The lowest BCUT2D eigenvalue weighted by Crippen LogP contribution is -2.13. The molecule has 1 N–H and O–H groups in total. The van der Waals surface area contributed by atoms with Gasteiger partial charge in [0, 0.05) is 28.3 Å². The first kappa shape index (κ1) is 19.9. The summed E-state index contributed by atoms with van der Waals surface area (Å²) in [5.41, 5.74) is 2.10. The second kappa shape index (κ2) is 8.16. The quantitative estimate of drug-likeness (QED) is 0.475. The van der Waals surface area contributed by atoms with Gasteiger partial charge in [-0.15, -0.1) is 16.3 Å². The summed E-state index contributed by atoms with van der Waals surface area (Å²) in [6.45, 7) is 3.40. The van der Waals surface area contributed by atoms with Gasteiger partial charge in [-0.2, -0.15) is 0 Å². The summed E-state index contributed by atoms with van der Waals surface area (Å²) in [6, 6.07) is 14.8. The Bertz CT molecular complexity index is 1310. The number of rotatable bonds is 5. The van der Waals surface area contributed by atoms with Crippen molar-refractivity contribution >= 4 is 29.0 Å². The summed E-state index contributed by atoms with van der Waals surface area (Å²) in [5.74, 6) is 0.216. The number of anilines is 1. The maximum absolute atomic E-state index is 13.8. The molecule has 152 valence electrons. The van der Waals surface area contributed by atoms with Crippen LogP contribution in [0.15, 0.2) is 68.8 Å². The predicted octanol–water partition coefficient (Wildman–Crippen LogP) is 4.59. The first-order valence-electron chi connectivity index (χ1n) is 9.19. The lowest BCUT2D eigenvalue weighted by atomic mass is 10.1. The molecule has 0 bridgehead atoms. The minimum Gasteiger partial charge on any atom is -0.375 e. The summed E-state index contributed by atoms with van der Waals surface area (Å²) in [7, 11) is 0. The van der Waals surface area contributed by atoms with E-state index in [0.717, 1.165) is 9.47 Å². The Hall–Kier alpha value is -3.39. The maximum atomic E-state index is 13.8. The van der Waals surface area contributed by atoms with Crippen molar-refractivity contribution in [2.75, 3.05) is 5.32 Å². The van der Waals surface area contributed by atoms with E-state index in [1.807, 2.05) is 12.1 Å². The molecule has 0 aliphatic carbocycles. The molecule has 4 aromatic rings. The van der Waals surface area contributed by atoms with Crippen molar-refractivity contribution < 1.29 is 13.7 Å². The lowest BCUT2D eigenvalue weighted by molar-refractivity contribution is 0.102. The highest BCUT2D eigenvalue weighted by molar-refractivity contribution is 7.98. The zero-order valence-electron chi connectivity index (χ0n) is 16.3. The normalized spacial score (nSPS) is 11.0. The van der Waals surface area contributed by atoms with Crippen molar-refractivity contribution in [3.05, 3.63) is 93.3 Å². The Kier molecular flexibility index (Phi) is 5.41. The molecule has 2 aromatic heterocycles. The number of fused-ring (bicyclic) bond motifs is 1. The number of hydrogen-bond acceptors (Lipinski definition) is 5. The third-order valence-corrected chi connectivity index (χ3v) is 5.58. The minimum atomic E-state index is -0.424. The lowest BCUT2D eigenvalue weighted by Gasteiger charge is -2.11. The maximum Gasteiger partial charge on any atom is 0.287 e. The number of carbonyl (C=O) groups excluding carboxylic acids is 1. The van der Waals surface area contributed by atoms with Crippen molar-refractivity contribution in [2.45, 2.75) is 24.5 Å². The summed E-state index contributed by atoms with van der Waals surface area (Å²) < 4.78 is 20.2. The second-order valence-electron chi connectivity index (χ2n) is 6.79. The molecule has 0 saturated carbocycles. The Morgan fingerprint density at radius 2 is 1.97 bits per heavy atom. The number of nitrogens with one attached hydrogen (secondary N) is 1. The smallest absolute Gasteiger partial charge is 0.287 e. The van der Waals surface area contributed by atoms with Crippen LogP contribution in [0.1, 0.15) is 27.4 Å². The van der Waals surface area contributed by atoms with Gasteiger partial charge in [0.25, 0.3) is 11.5 Å². The first-order chi connectivity index (χ1) is 14.4. The number of hydrogen-bond donors (Lipinski definition) is 1. The summed E-state index contributed by atoms with van der Waals surface area (Å²) >= 11 is 1.44. The standard InChI is InChI=1S/C22H18FN3O3S/c1-13-7-8-15(10-17(13)23)22(28)25-18-5-3-4-6-19(18)30-12-16-11-21(27)26-20(24-16)9-14(2)29-26/h3-11H,12H2,1-2H3,(H,25,28). The molecule has 2 heterocycles. The van der Waals surface area contributed by atoms with Crippen LogP contribution in [0.25, 0.3) is 5.65 Å². The molecule has 2 aromatic carbocycles. The van der Waals surface area contributed by atoms with Crippen LogP contribution in [0.4, 0.5) is 10.1 Å². The van der Waals surface area contributed by atoms with Crippen molar-refractivity contribution in [1.29, 1.82) is 0 Å². The predicted molar refractivity (Wildman–Crippen MR) is 114 cm³/mol. The molecule has 0 atom stereocenters. The number of carbonyl (C=O) groups is 1. The van der Waals surface area contributed by atoms with Crippen LogP contribution in [-0.4, -0.2) is 15.5 Å². The number of nitrogens with zero attached hydrogens (tertiary/aromatic N) is 2. The van der Waals surface area contributed by atoms with E-state index >= 15 is 0 Å². The average Bonchev–Trinajstić information content (AvgIpc) is 3.10. The molecule has 0 saturated heterocycles. The minimum absolute atomic E-state index is 0.244. The topological polar surface area (TPSA) is 76.6 Å². The van der Waals surface area contributed by atoms with Crippen LogP contribution >= 0.6 is 11.8 Å². The molecular formula is C22H18FN3O3S. The summed E-state index contributed by atoms with van der Waals surface area (Å²) in [6.07, 6.45) is 0. The van der Waals surface area contributed by atoms with Crippen molar-refractivity contribution in [1.82, 2.24) is 9.56 Å². The molecule has 0 unspecified atom stereocenters. The van der Waals surface area contributed by atoms with Gasteiger partial charge in [0.2, 0.25) is 0 Å². The zero-order chi connectivity index (χ0) is 21.3. The van der Waals surface area contributed by atoms with Gasteiger partial charge in [-0.3, -0.25) is 9.59 Å². The Labute approximate surface area is 175 Å². The highest BCUT2D eigenvalue weighted by atomic mass is 32.2. The number of amides is 1. The zero-order valence-corrected chi connectivity index (χ0v) is 17.1. The van der Waals surface area contributed by atoms with Crippen molar-refractivity contribution in [3.63, 3.8) is 0 Å². The van der Waals surface area contributed by atoms with E-state index in [0.29, 0.717) is 34.1 Å². The molecule has 8 heteroatoms. The van der Waals surface area contributed by atoms with Crippen molar-refractivity contribution in [3.8, 4) is 0 Å². The van der Waals surface area contributed by atoms with E-state index < -0.39 is 11.7 Å². The first-order valence-corrected chi connectivity index (χ1v) is 10.2. The van der Waals surface area contributed by atoms with Gasteiger partial charge in [0.05, 0.1) is 11.4 Å². The van der Waals surface area contributed by atoms with Crippen LogP contribution in [0, 0.1) is 19.7 Å². The molecule has 0 radical (unpaired) electrons. The third kappa shape index (κ3) is 4.13. The second-order valence-corrected chi connectivity index (χ2v) is 7.80. The van der Waals surface area contributed by atoms with Gasteiger partial charge in [0.1, 0.15) is 11.6 Å². The van der Waals surface area contributed by atoms with Crippen molar-refractivity contribution in [2.24, 2.45) is 0 Å². The number of para-hydroxylation sites is 1. The summed E-state index contributed by atoms with van der Waals surface area (Å²) in [4.78, 5) is 30.0. The third-order valence-electron chi connectivity index (χ3n) is 4.47. The van der Waals surface area contributed by atoms with Crippen LogP contribution in [0.3, 0.4) is 0 Å². The average molecular weight is 423 g/mol. The van der Waals surface area contributed by atoms with Gasteiger partial charge in [-0.25, -0.2) is 9.37 Å². The molecule has 30 heavy (non-hydrogen) atoms. The number of halogens is 1. The molecule has 0 aliphatic rings. The molecule has 4 rings (SSSR count).